The molecule has 0 bridgehead atoms. The minimum absolute atomic E-state index is 0.0948. The molecule has 0 spiro atoms. The van der Waals surface area contributed by atoms with Crippen molar-refractivity contribution in [2.75, 3.05) is 19.0 Å². The van der Waals surface area contributed by atoms with Gasteiger partial charge in [-0.15, -0.1) is 11.6 Å². The molecule has 2 rings (SSSR count). The molecule has 0 aliphatic carbocycles. The van der Waals surface area contributed by atoms with Gasteiger partial charge in [-0.25, -0.2) is 0 Å². The standard InChI is InChI=1S/C21H29ClN2O3/c1-4-17-14-18(21(25)23-10-9-22)12-15(2)20(17)26-11-7-5-6-8-19-13-16(3)24-27-19/h12-14H,4-11H2,1-3H3,(H,23,25). The number of aromatic nitrogens is 1. The van der Waals surface area contributed by atoms with E-state index in [9.17, 15) is 4.79 Å². The fraction of sp³-hybridized carbons (Fsp3) is 0.524. The lowest BCUT2D eigenvalue weighted by atomic mass is 10.0. The fourth-order valence-electron chi connectivity index (χ4n) is 3.00. The van der Waals surface area contributed by atoms with E-state index in [0.717, 1.165) is 60.4 Å². The Balaban J connectivity index is 1.83. The Hall–Kier alpha value is -2.01. The third-order valence-electron chi connectivity index (χ3n) is 4.37. The van der Waals surface area contributed by atoms with Crippen molar-refractivity contribution in [3.63, 3.8) is 0 Å². The van der Waals surface area contributed by atoms with Crippen LogP contribution in [0.25, 0.3) is 0 Å². The van der Waals surface area contributed by atoms with Gasteiger partial charge in [-0.3, -0.25) is 4.79 Å². The van der Waals surface area contributed by atoms with E-state index in [0.29, 0.717) is 24.6 Å². The summed E-state index contributed by atoms with van der Waals surface area (Å²) in [4.78, 5) is 12.2. The van der Waals surface area contributed by atoms with Gasteiger partial charge in [-0.05, 0) is 62.8 Å². The predicted molar refractivity (Wildman–Crippen MR) is 108 cm³/mol. The van der Waals surface area contributed by atoms with E-state index >= 15 is 0 Å². The third kappa shape index (κ3) is 6.58. The minimum Gasteiger partial charge on any atom is -0.493 e. The Morgan fingerprint density at radius 1 is 1.22 bits per heavy atom. The van der Waals surface area contributed by atoms with Crippen LogP contribution in [0.3, 0.4) is 0 Å². The minimum atomic E-state index is -0.0948. The van der Waals surface area contributed by atoms with Gasteiger partial charge >= 0.3 is 0 Å². The molecule has 0 aliphatic rings. The third-order valence-corrected chi connectivity index (χ3v) is 4.55. The predicted octanol–water partition coefficient (Wildman–Crippen LogP) is 4.61. The quantitative estimate of drug-likeness (QED) is 0.448. The molecule has 1 N–H and O–H groups in total. The van der Waals surface area contributed by atoms with Crippen molar-refractivity contribution in [2.24, 2.45) is 0 Å². The van der Waals surface area contributed by atoms with Crippen LogP contribution >= 0.6 is 11.6 Å². The summed E-state index contributed by atoms with van der Waals surface area (Å²) in [7, 11) is 0. The molecule has 27 heavy (non-hydrogen) atoms. The average Bonchev–Trinajstić information content (AvgIpc) is 3.08. The lowest BCUT2D eigenvalue weighted by Gasteiger charge is -2.15. The Bertz CT molecular complexity index is 743. The number of unbranched alkanes of at least 4 members (excludes halogenated alkanes) is 2. The van der Waals surface area contributed by atoms with E-state index in [4.69, 9.17) is 20.9 Å². The molecule has 1 heterocycles. The monoisotopic (exact) mass is 392 g/mol. The smallest absolute Gasteiger partial charge is 0.251 e. The van der Waals surface area contributed by atoms with Gasteiger partial charge in [0, 0.05) is 30.5 Å². The SMILES string of the molecule is CCc1cc(C(=O)NCCCl)cc(C)c1OCCCCCc1cc(C)no1. The molecule has 148 valence electrons. The normalized spacial score (nSPS) is 10.8. The number of nitrogens with zero attached hydrogens (tertiary/aromatic N) is 1. The van der Waals surface area contributed by atoms with Gasteiger partial charge in [0.1, 0.15) is 11.5 Å². The summed E-state index contributed by atoms with van der Waals surface area (Å²) in [6.07, 6.45) is 4.83. The molecule has 6 heteroatoms. The number of rotatable bonds is 11. The highest BCUT2D eigenvalue weighted by Crippen LogP contribution is 2.26. The zero-order valence-corrected chi connectivity index (χ0v) is 17.2. The molecule has 0 saturated heterocycles. The van der Waals surface area contributed by atoms with Crippen molar-refractivity contribution in [1.82, 2.24) is 10.5 Å². The van der Waals surface area contributed by atoms with Gasteiger partial charge < -0.3 is 14.6 Å². The van der Waals surface area contributed by atoms with Gasteiger partial charge in [0.15, 0.2) is 0 Å². The van der Waals surface area contributed by atoms with Crippen molar-refractivity contribution in [2.45, 2.75) is 52.9 Å². The Kier molecular flexibility index (Phi) is 8.65. The number of carbonyl (C=O) groups excluding carboxylic acids is 1. The summed E-state index contributed by atoms with van der Waals surface area (Å²) in [6, 6.07) is 5.78. The molecule has 2 aromatic rings. The van der Waals surface area contributed by atoms with E-state index in [1.165, 1.54) is 0 Å². The summed E-state index contributed by atoms with van der Waals surface area (Å²) in [6.45, 7) is 7.12. The number of benzene rings is 1. The van der Waals surface area contributed by atoms with Crippen LogP contribution in [0.5, 0.6) is 5.75 Å². The summed E-state index contributed by atoms with van der Waals surface area (Å²) >= 11 is 5.63. The number of carbonyl (C=O) groups is 1. The number of alkyl halides is 1. The number of nitrogens with one attached hydrogen (secondary N) is 1. The van der Waals surface area contributed by atoms with Gasteiger partial charge in [0.2, 0.25) is 0 Å². The first-order valence-electron chi connectivity index (χ1n) is 9.57. The zero-order valence-electron chi connectivity index (χ0n) is 16.4. The lowest BCUT2D eigenvalue weighted by molar-refractivity contribution is 0.0956. The molecule has 0 atom stereocenters. The number of aryl methyl sites for hydroxylation is 4. The van der Waals surface area contributed by atoms with Gasteiger partial charge in [0.25, 0.3) is 5.91 Å². The highest BCUT2D eigenvalue weighted by molar-refractivity contribution is 6.18. The van der Waals surface area contributed by atoms with E-state index in [1.54, 1.807) is 0 Å². The average molecular weight is 393 g/mol. The molecule has 0 aliphatic heterocycles. The highest BCUT2D eigenvalue weighted by Gasteiger charge is 2.13. The maximum atomic E-state index is 12.2. The Labute approximate surface area is 166 Å². The van der Waals surface area contributed by atoms with Crippen molar-refractivity contribution in [3.8, 4) is 5.75 Å². The maximum absolute atomic E-state index is 12.2. The second-order valence-corrected chi connectivity index (χ2v) is 7.05. The van der Waals surface area contributed by atoms with Crippen molar-refractivity contribution >= 4 is 17.5 Å². The molecule has 0 saturated carbocycles. The molecule has 1 amide bonds. The van der Waals surface area contributed by atoms with E-state index in [-0.39, 0.29) is 5.91 Å². The summed E-state index contributed by atoms with van der Waals surface area (Å²) < 4.78 is 11.3. The van der Waals surface area contributed by atoms with Crippen LogP contribution in [0.15, 0.2) is 22.7 Å². The summed E-state index contributed by atoms with van der Waals surface area (Å²) in [5, 5.41) is 6.71. The molecule has 0 radical (unpaired) electrons. The molecular formula is C21H29ClN2O3. The lowest BCUT2D eigenvalue weighted by Crippen LogP contribution is -2.25. The van der Waals surface area contributed by atoms with Gasteiger partial charge in [-0.1, -0.05) is 12.1 Å². The van der Waals surface area contributed by atoms with Crippen LogP contribution in [0.1, 0.15) is 59.1 Å². The first kappa shape index (κ1) is 21.3. The van der Waals surface area contributed by atoms with Crippen molar-refractivity contribution in [1.29, 1.82) is 0 Å². The van der Waals surface area contributed by atoms with Crippen LogP contribution in [0, 0.1) is 13.8 Å². The van der Waals surface area contributed by atoms with E-state index < -0.39 is 0 Å². The number of halogens is 1. The van der Waals surface area contributed by atoms with E-state index in [2.05, 4.69) is 17.4 Å². The summed E-state index contributed by atoms with van der Waals surface area (Å²) in [5.41, 5.74) is 3.63. The fourth-order valence-corrected chi connectivity index (χ4v) is 3.09. The molecule has 1 aromatic carbocycles. The van der Waals surface area contributed by atoms with Crippen LogP contribution in [-0.2, 0) is 12.8 Å². The molecule has 1 aromatic heterocycles. The Morgan fingerprint density at radius 2 is 2.04 bits per heavy atom. The van der Waals surface area contributed by atoms with Crippen LogP contribution < -0.4 is 10.1 Å². The summed E-state index contributed by atoms with van der Waals surface area (Å²) in [5.74, 6) is 2.16. The number of ether oxygens (including phenoxy) is 1. The van der Waals surface area contributed by atoms with Gasteiger partial charge in [0.05, 0.1) is 12.3 Å². The number of hydrogen-bond acceptors (Lipinski definition) is 4. The van der Waals surface area contributed by atoms with E-state index in [1.807, 2.05) is 32.0 Å². The molecular weight excluding hydrogens is 364 g/mol. The molecule has 0 unspecified atom stereocenters. The molecule has 5 nitrogen and oxygen atoms in total. The maximum Gasteiger partial charge on any atom is 0.251 e. The highest BCUT2D eigenvalue weighted by atomic mass is 35.5. The second-order valence-electron chi connectivity index (χ2n) is 6.67. The largest absolute Gasteiger partial charge is 0.493 e. The van der Waals surface area contributed by atoms with Crippen molar-refractivity contribution < 1.29 is 14.1 Å². The first-order valence-corrected chi connectivity index (χ1v) is 10.1. The second kappa shape index (κ2) is 11.0. The van der Waals surface area contributed by atoms with Crippen molar-refractivity contribution in [3.05, 3.63) is 46.3 Å². The topological polar surface area (TPSA) is 64.4 Å². The van der Waals surface area contributed by atoms with Gasteiger partial charge in [-0.2, -0.15) is 0 Å². The Morgan fingerprint density at radius 3 is 2.70 bits per heavy atom. The first-order chi connectivity index (χ1) is 13.0. The number of amides is 1. The molecule has 0 fully saturated rings. The van der Waals surface area contributed by atoms with Crippen LogP contribution in [-0.4, -0.2) is 30.1 Å². The van der Waals surface area contributed by atoms with Crippen LogP contribution in [0.4, 0.5) is 0 Å². The zero-order chi connectivity index (χ0) is 19.6. The number of hydrogen-bond donors (Lipinski definition) is 1. The van der Waals surface area contributed by atoms with Crippen LogP contribution in [0.2, 0.25) is 0 Å².